The minimum atomic E-state index is -3.60. The van der Waals surface area contributed by atoms with Gasteiger partial charge in [0.25, 0.3) is 10.0 Å². The third-order valence-corrected chi connectivity index (χ3v) is 7.01. The molecular weight excluding hydrogens is 364 g/mol. The summed E-state index contributed by atoms with van der Waals surface area (Å²) < 4.78 is 37.5. The fraction of sp³-hybridized carbons (Fsp3) is 0.312. The van der Waals surface area contributed by atoms with Gasteiger partial charge in [-0.3, -0.25) is 4.79 Å². The van der Waals surface area contributed by atoms with Gasteiger partial charge in [-0.05, 0) is 29.8 Å². The summed E-state index contributed by atoms with van der Waals surface area (Å²) in [7, 11) is -2.07. The van der Waals surface area contributed by atoms with Crippen LogP contribution in [0.4, 0.5) is 0 Å². The monoisotopic (exact) mass is 382 g/mol. The fourth-order valence-corrected chi connectivity index (χ4v) is 5.00. The van der Waals surface area contributed by atoms with Crippen molar-refractivity contribution in [2.45, 2.75) is 24.2 Å². The van der Waals surface area contributed by atoms with Gasteiger partial charge < -0.3 is 14.8 Å². The lowest BCUT2D eigenvalue weighted by Crippen LogP contribution is -2.25. The van der Waals surface area contributed by atoms with E-state index in [2.05, 4.69) is 5.32 Å². The van der Waals surface area contributed by atoms with Crippen LogP contribution in [0.5, 0.6) is 11.5 Å². The molecule has 0 bridgehead atoms. The van der Waals surface area contributed by atoms with Crippen molar-refractivity contribution >= 4 is 27.3 Å². The molecule has 0 fully saturated rings. The van der Waals surface area contributed by atoms with Gasteiger partial charge in [0.1, 0.15) is 4.21 Å². The van der Waals surface area contributed by atoms with E-state index in [9.17, 15) is 13.2 Å². The average Bonchev–Trinajstić information content (AvgIpc) is 3.21. The number of thiophene rings is 1. The Morgan fingerprint density at radius 2 is 2.00 bits per heavy atom. The maximum atomic E-state index is 12.7. The quantitative estimate of drug-likeness (QED) is 0.825. The smallest absolute Gasteiger partial charge is 0.252 e. The summed E-state index contributed by atoms with van der Waals surface area (Å²) in [5.41, 5.74) is 0.811. The Kier molecular flexibility index (Phi) is 4.98. The molecule has 7 nitrogen and oxygen atoms in total. The SMILES string of the molecule is CC(=O)NCc1ccc(S(=O)(=O)N(C)Cc2ccc3c(c2)OCO3)s1. The summed E-state index contributed by atoms with van der Waals surface area (Å²) in [6.45, 7) is 2.14. The lowest BCUT2D eigenvalue weighted by atomic mass is 10.2. The van der Waals surface area contributed by atoms with E-state index in [0.717, 1.165) is 21.8 Å². The lowest BCUT2D eigenvalue weighted by Gasteiger charge is -2.16. The number of amides is 1. The van der Waals surface area contributed by atoms with Crippen LogP contribution in [0.3, 0.4) is 0 Å². The van der Waals surface area contributed by atoms with Crippen LogP contribution >= 0.6 is 11.3 Å². The van der Waals surface area contributed by atoms with Crippen LogP contribution in [0.25, 0.3) is 0 Å². The number of nitrogens with one attached hydrogen (secondary N) is 1. The predicted molar refractivity (Wildman–Crippen MR) is 93.1 cm³/mol. The van der Waals surface area contributed by atoms with E-state index in [-0.39, 0.29) is 23.5 Å². The number of fused-ring (bicyclic) bond motifs is 1. The second-order valence-corrected chi connectivity index (χ2v) is 9.02. The summed E-state index contributed by atoms with van der Waals surface area (Å²) in [6.07, 6.45) is 0. The van der Waals surface area contributed by atoms with Gasteiger partial charge in [-0.1, -0.05) is 6.07 Å². The Morgan fingerprint density at radius 1 is 1.24 bits per heavy atom. The summed E-state index contributed by atoms with van der Waals surface area (Å²) in [6, 6.07) is 8.64. The van der Waals surface area contributed by atoms with Crippen LogP contribution in [0.2, 0.25) is 0 Å². The Morgan fingerprint density at radius 3 is 2.76 bits per heavy atom. The Labute approximate surface area is 150 Å². The molecule has 1 aliphatic rings. The number of rotatable bonds is 6. The standard InChI is InChI=1S/C16H18N2O5S2/c1-11(19)17-8-13-4-6-16(24-13)25(20,21)18(2)9-12-3-5-14-15(7-12)23-10-22-14/h3-7H,8-10H2,1-2H3,(H,17,19). The molecule has 1 aromatic carbocycles. The summed E-state index contributed by atoms with van der Waals surface area (Å²) in [5.74, 6) is 1.13. The summed E-state index contributed by atoms with van der Waals surface area (Å²) in [5, 5.41) is 2.66. The molecule has 0 saturated heterocycles. The third-order valence-electron chi connectivity index (χ3n) is 3.66. The lowest BCUT2D eigenvalue weighted by molar-refractivity contribution is -0.119. The molecule has 0 aliphatic carbocycles. The van der Waals surface area contributed by atoms with Gasteiger partial charge in [-0.25, -0.2) is 8.42 Å². The molecule has 2 aromatic rings. The normalized spacial score (nSPS) is 13.2. The zero-order valence-electron chi connectivity index (χ0n) is 13.8. The van der Waals surface area contributed by atoms with E-state index >= 15 is 0 Å². The number of nitrogens with zero attached hydrogens (tertiary/aromatic N) is 1. The predicted octanol–water partition coefficient (Wildman–Crippen LogP) is 1.93. The van der Waals surface area contributed by atoms with Gasteiger partial charge in [0.2, 0.25) is 12.7 Å². The van der Waals surface area contributed by atoms with Crippen molar-refractivity contribution in [3.05, 3.63) is 40.8 Å². The Balaban J connectivity index is 1.72. The zero-order valence-corrected chi connectivity index (χ0v) is 15.4. The van der Waals surface area contributed by atoms with Crippen molar-refractivity contribution in [1.29, 1.82) is 0 Å². The van der Waals surface area contributed by atoms with Gasteiger partial charge in [0.15, 0.2) is 11.5 Å². The third kappa shape index (κ3) is 3.94. The van der Waals surface area contributed by atoms with E-state index in [1.165, 1.54) is 18.3 Å². The van der Waals surface area contributed by atoms with Crippen molar-refractivity contribution in [3.63, 3.8) is 0 Å². The number of hydrogen-bond acceptors (Lipinski definition) is 6. The molecule has 2 heterocycles. The van der Waals surface area contributed by atoms with Crippen LogP contribution in [-0.2, 0) is 27.9 Å². The second-order valence-electron chi connectivity index (χ2n) is 5.58. The first-order valence-corrected chi connectivity index (χ1v) is 9.80. The van der Waals surface area contributed by atoms with E-state index in [4.69, 9.17) is 9.47 Å². The highest BCUT2D eigenvalue weighted by Crippen LogP contribution is 2.33. The highest BCUT2D eigenvalue weighted by molar-refractivity contribution is 7.91. The molecule has 1 amide bonds. The van der Waals surface area contributed by atoms with Gasteiger partial charge in [-0.2, -0.15) is 4.31 Å². The second kappa shape index (κ2) is 7.03. The molecule has 1 aromatic heterocycles. The highest BCUT2D eigenvalue weighted by Gasteiger charge is 2.24. The molecule has 0 radical (unpaired) electrons. The maximum Gasteiger partial charge on any atom is 0.252 e. The number of hydrogen-bond donors (Lipinski definition) is 1. The van der Waals surface area contributed by atoms with Crippen LogP contribution < -0.4 is 14.8 Å². The summed E-state index contributed by atoms with van der Waals surface area (Å²) in [4.78, 5) is 11.7. The van der Waals surface area contributed by atoms with Crippen molar-refractivity contribution in [2.24, 2.45) is 0 Å². The first-order chi connectivity index (χ1) is 11.9. The number of benzene rings is 1. The molecule has 9 heteroatoms. The molecule has 134 valence electrons. The molecule has 1 aliphatic heterocycles. The van der Waals surface area contributed by atoms with Crippen LogP contribution in [0.15, 0.2) is 34.5 Å². The van der Waals surface area contributed by atoms with Gasteiger partial charge in [0, 0.05) is 25.4 Å². The van der Waals surface area contributed by atoms with Crippen LogP contribution in [0, 0.1) is 0 Å². The number of sulfonamides is 1. The van der Waals surface area contributed by atoms with Crippen LogP contribution in [-0.4, -0.2) is 32.5 Å². The topological polar surface area (TPSA) is 84.9 Å². The van der Waals surface area contributed by atoms with E-state index in [1.807, 2.05) is 6.07 Å². The number of carbonyl (C=O) groups excluding carboxylic acids is 1. The fourth-order valence-electron chi connectivity index (χ4n) is 2.34. The largest absolute Gasteiger partial charge is 0.454 e. The molecular formula is C16H18N2O5S2. The Hall–Kier alpha value is -2.10. The van der Waals surface area contributed by atoms with Crippen molar-refractivity contribution < 1.29 is 22.7 Å². The molecule has 0 unspecified atom stereocenters. The van der Waals surface area contributed by atoms with Gasteiger partial charge in [0.05, 0.1) is 6.54 Å². The zero-order chi connectivity index (χ0) is 18.0. The first kappa shape index (κ1) is 17.7. The molecule has 3 rings (SSSR count). The highest BCUT2D eigenvalue weighted by atomic mass is 32.2. The molecule has 0 atom stereocenters. The number of carbonyl (C=O) groups is 1. The van der Waals surface area contributed by atoms with Gasteiger partial charge >= 0.3 is 0 Å². The Bertz CT molecular complexity index is 892. The molecule has 0 saturated carbocycles. The van der Waals surface area contributed by atoms with E-state index in [0.29, 0.717) is 18.0 Å². The minimum absolute atomic E-state index is 0.155. The molecule has 1 N–H and O–H groups in total. The molecule has 25 heavy (non-hydrogen) atoms. The van der Waals surface area contributed by atoms with Crippen molar-refractivity contribution in [3.8, 4) is 11.5 Å². The van der Waals surface area contributed by atoms with Crippen molar-refractivity contribution in [2.75, 3.05) is 13.8 Å². The van der Waals surface area contributed by atoms with Crippen LogP contribution in [0.1, 0.15) is 17.4 Å². The number of ether oxygens (including phenoxy) is 2. The van der Waals surface area contributed by atoms with E-state index < -0.39 is 10.0 Å². The average molecular weight is 382 g/mol. The summed E-state index contributed by atoms with van der Waals surface area (Å²) >= 11 is 1.15. The molecule has 0 spiro atoms. The van der Waals surface area contributed by atoms with Crippen molar-refractivity contribution in [1.82, 2.24) is 9.62 Å². The maximum absolute atomic E-state index is 12.7. The first-order valence-electron chi connectivity index (χ1n) is 7.54. The minimum Gasteiger partial charge on any atom is -0.454 e. The van der Waals surface area contributed by atoms with E-state index in [1.54, 1.807) is 24.3 Å². The van der Waals surface area contributed by atoms with Gasteiger partial charge in [-0.15, -0.1) is 11.3 Å².